The molecule has 2 fully saturated rings. The first-order valence-electron chi connectivity index (χ1n) is 5.30. The van der Waals surface area contributed by atoms with Crippen LogP contribution < -0.4 is 0 Å². The first-order valence-corrected chi connectivity index (χ1v) is 5.30. The van der Waals surface area contributed by atoms with Gasteiger partial charge in [0.1, 0.15) is 0 Å². The number of nitrogens with zero attached hydrogens (tertiary/aromatic N) is 1. The number of rotatable bonds is 1. The molecule has 0 amide bonds. The zero-order chi connectivity index (χ0) is 9.43. The molecule has 0 aromatic rings. The fraction of sp³-hybridized carbons (Fsp3) is 0.636. The minimum absolute atomic E-state index is 0.429. The van der Waals surface area contributed by atoms with Gasteiger partial charge < -0.3 is 14.4 Å². The smallest absolute Gasteiger partial charge is 0.254 e. The van der Waals surface area contributed by atoms with Crippen molar-refractivity contribution in [1.29, 1.82) is 0 Å². The first kappa shape index (κ1) is 8.50. The maximum atomic E-state index is 5.82. The molecule has 0 spiro atoms. The van der Waals surface area contributed by atoms with Crippen LogP contribution in [0.3, 0.4) is 0 Å². The van der Waals surface area contributed by atoms with Crippen LogP contribution in [0.15, 0.2) is 24.4 Å². The summed E-state index contributed by atoms with van der Waals surface area (Å²) in [6.45, 7) is 2.56. The Balaban J connectivity index is 1.87. The van der Waals surface area contributed by atoms with E-state index in [2.05, 4.69) is 23.3 Å². The van der Waals surface area contributed by atoms with E-state index in [0.29, 0.717) is 5.92 Å². The Labute approximate surface area is 84.0 Å². The monoisotopic (exact) mass is 193 g/mol. The average Bonchev–Trinajstić information content (AvgIpc) is 2.77. The highest BCUT2D eigenvalue weighted by atomic mass is 16.7. The van der Waals surface area contributed by atoms with Gasteiger partial charge in [0.2, 0.25) is 0 Å². The van der Waals surface area contributed by atoms with Crippen molar-refractivity contribution in [3.05, 3.63) is 24.4 Å². The Hall–Kier alpha value is -0.800. The molecule has 3 nitrogen and oxygen atoms in total. The molecule has 0 aromatic carbocycles. The zero-order valence-corrected chi connectivity index (χ0v) is 8.19. The fourth-order valence-corrected chi connectivity index (χ4v) is 2.58. The Morgan fingerprint density at radius 2 is 1.93 bits per heavy atom. The van der Waals surface area contributed by atoms with Gasteiger partial charge >= 0.3 is 0 Å². The van der Waals surface area contributed by atoms with E-state index in [4.69, 9.17) is 9.47 Å². The van der Waals surface area contributed by atoms with Crippen LogP contribution >= 0.6 is 0 Å². The third-order valence-corrected chi connectivity index (χ3v) is 3.28. The summed E-state index contributed by atoms with van der Waals surface area (Å²) in [6.07, 6.45) is 10.6. The van der Waals surface area contributed by atoms with E-state index in [1.165, 1.54) is 0 Å². The summed E-state index contributed by atoms with van der Waals surface area (Å²) in [7, 11) is 0. The molecule has 3 rings (SSSR count). The lowest BCUT2D eigenvalue weighted by atomic mass is 10.0. The molecule has 0 atom stereocenters. The average molecular weight is 193 g/mol. The van der Waals surface area contributed by atoms with E-state index in [1.54, 1.807) is 0 Å². The van der Waals surface area contributed by atoms with E-state index in [-0.39, 0.29) is 0 Å². The standard InChI is InChI=1S/C11H15NO2/c1-2-6-12(7-3-1)11-10(4-8-13-11)5-9-14-11/h1-3,6,10H,4-5,7-9H2. The second kappa shape index (κ2) is 3.11. The predicted molar refractivity (Wildman–Crippen MR) is 52.3 cm³/mol. The van der Waals surface area contributed by atoms with E-state index in [9.17, 15) is 0 Å². The molecule has 3 aliphatic rings. The fourth-order valence-electron chi connectivity index (χ4n) is 2.58. The first-order chi connectivity index (χ1) is 6.92. The summed E-state index contributed by atoms with van der Waals surface area (Å²) in [5.74, 6) is 0.125. The molecule has 0 aliphatic carbocycles. The van der Waals surface area contributed by atoms with Crippen molar-refractivity contribution in [3.63, 3.8) is 0 Å². The van der Waals surface area contributed by atoms with Crippen LogP contribution in [0.2, 0.25) is 0 Å². The molecule has 0 aromatic heterocycles. The molecule has 3 heterocycles. The predicted octanol–water partition coefficient (Wildman–Crippen LogP) is 1.48. The van der Waals surface area contributed by atoms with Crippen molar-refractivity contribution in [3.8, 4) is 0 Å². The van der Waals surface area contributed by atoms with Gasteiger partial charge in [0, 0.05) is 18.7 Å². The van der Waals surface area contributed by atoms with Crippen molar-refractivity contribution in [1.82, 2.24) is 4.90 Å². The minimum Gasteiger partial charge on any atom is -0.333 e. The van der Waals surface area contributed by atoms with Crippen molar-refractivity contribution in [2.45, 2.75) is 18.8 Å². The summed E-state index contributed by atoms with van der Waals surface area (Å²) >= 11 is 0. The van der Waals surface area contributed by atoms with Crippen molar-refractivity contribution < 1.29 is 9.47 Å². The maximum Gasteiger partial charge on any atom is 0.254 e. The van der Waals surface area contributed by atoms with Crippen LogP contribution in [-0.4, -0.2) is 30.6 Å². The van der Waals surface area contributed by atoms with Crippen LogP contribution in [0.5, 0.6) is 0 Å². The van der Waals surface area contributed by atoms with Crippen molar-refractivity contribution in [2.24, 2.45) is 5.92 Å². The van der Waals surface area contributed by atoms with E-state index in [1.807, 2.05) is 6.08 Å². The molecule has 0 unspecified atom stereocenters. The van der Waals surface area contributed by atoms with Gasteiger partial charge in [-0.25, -0.2) is 0 Å². The van der Waals surface area contributed by atoms with Crippen LogP contribution in [0.4, 0.5) is 0 Å². The molecule has 0 bridgehead atoms. The SMILES string of the molecule is C1=CCN(C23OCCC2CCO3)C=C1. The van der Waals surface area contributed by atoms with Gasteiger partial charge in [0.15, 0.2) is 0 Å². The summed E-state index contributed by atoms with van der Waals surface area (Å²) in [6, 6.07) is 0. The lowest BCUT2D eigenvalue weighted by Gasteiger charge is -2.38. The van der Waals surface area contributed by atoms with Crippen LogP contribution in [-0.2, 0) is 9.47 Å². The summed E-state index contributed by atoms with van der Waals surface area (Å²) in [5, 5.41) is 0. The van der Waals surface area contributed by atoms with Gasteiger partial charge in [-0.1, -0.05) is 12.2 Å². The third-order valence-electron chi connectivity index (χ3n) is 3.28. The second-order valence-electron chi connectivity index (χ2n) is 4.02. The highest BCUT2D eigenvalue weighted by molar-refractivity contribution is 5.11. The molecule has 3 aliphatic heterocycles. The Morgan fingerprint density at radius 1 is 1.14 bits per heavy atom. The van der Waals surface area contributed by atoms with Crippen molar-refractivity contribution in [2.75, 3.05) is 19.8 Å². The number of ether oxygens (including phenoxy) is 2. The number of allylic oxidation sites excluding steroid dienone is 2. The van der Waals surface area contributed by atoms with Gasteiger partial charge in [0.05, 0.1) is 13.2 Å². The normalized spacial score (nSPS) is 40.6. The Morgan fingerprint density at radius 3 is 2.57 bits per heavy atom. The highest BCUT2D eigenvalue weighted by Crippen LogP contribution is 2.43. The number of hydrogen-bond acceptors (Lipinski definition) is 3. The molecule has 0 radical (unpaired) electrons. The maximum absolute atomic E-state index is 5.82. The Kier molecular flexibility index (Phi) is 1.89. The topological polar surface area (TPSA) is 21.7 Å². The molecular formula is C11H15NO2. The highest BCUT2D eigenvalue weighted by Gasteiger charge is 2.52. The number of fused-ring (bicyclic) bond motifs is 1. The van der Waals surface area contributed by atoms with Gasteiger partial charge in [-0.05, 0) is 18.9 Å². The molecule has 2 saturated heterocycles. The van der Waals surface area contributed by atoms with Gasteiger partial charge in [-0.15, -0.1) is 0 Å². The van der Waals surface area contributed by atoms with Gasteiger partial charge in [0.25, 0.3) is 5.91 Å². The zero-order valence-electron chi connectivity index (χ0n) is 8.19. The minimum atomic E-state index is -0.429. The molecule has 0 saturated carbocycles. The summed E-state index contributed by atoms with van der Waals surface area (Å²) in [5.41, 5.74) is 0. The quantitative estimate of drug-likeness (QED) is 0.629. The lowest BCUT2D eigenvalue weighted by Crippen LogP contribution is -2.49. The molecule has 3 heteroatoms. The molecule has 0 N–H and O–H groups in total. The summed E-state index contributed by atoms with van der Waals surface area (Å²) in [4.78, 5) is 2.18. The van der Waals surface area contributed by atoms with E-state index < -0.39 is 5.91 Å². The third kappa shape index (κ3) is 1.06. The van der Waals surface area contributed by atoms with Crippen LogP contribution in [0.25, 0.3) is 0 Å². The van der Waals surface area contributed by atoms with Crippen LogP contribution in [0.1, 0.15) is 12.8 Å². The van der Waals surface area contributed by atoms with E-state index in [0.717, 1.165) is 32.6 Å². The summed E-state index contributed by atoms with van der Waals surface area (Å²) < 4.78 is 11.6. The van der Waals surface area contributed by atoms with Gasteiger partial charge in [-0.2, -0.15) is 0 Å². The van der Waals surface area contributed by atoms with Crippen LogP contribution in [0, 0.1) is 5.92 Å². The molecule has 76 valence electrons. The van der Waals surface area contributed by atoms with E-state index >= 15 is 0 Å². The van der Waals surface area contributed by atoms with Crippen molar-refractivity contribution >= 4 is 0 Å². The largest absolute Gasteiger partial charge is 0.333 e. The molecule has 14 heavy (non-hydrogen) atoms. The lowest BCUT2D eigenvalue weighted by molar-refractivity contribution is -0.270. The van der Waals surface area contributed by atoms with Gasteiger partial charge in [-0.3, -0.25) is 0 Å². The second-order valence-corrected chi connectivity index (χ2v) is 4.02. The molecular weight excluding hydrogens is 178 g/mol. The number of hydrogen-bond donors (Lipinski definition) is 0. The Bertz CT molecular complexity index is 275.